The van der Waals surface area contributed by atoms with Crippen molar-refractivity contribution in [3.05, 3.63) is 11.4 Å². The average molecular weight is 248 g/mol. The van der Waals surface area contributed by atoms with E-state index in [0.29, 0.717) is 16.9 Å². The third-order valence-electron chi connectivity index (χ3n) is 4.80. The summed E-state index contributed by atoms with van der Waals surface area (Å²) in [5.74, 6) is 2.65. The summed E-state index contributed by atoms with van der Waals surface area (Å²) in [4.78, 5) is 8.92. The number of anilines is 2. The molecule has 0 saturated heterocycles. The van der Waals surface area contributed by atoms with Gasteiger partial charge < -0.3 is 10.6 Å². The molecule has 2 N–H and O–H groups in total. The van der Waals surface area contributed by atoms with Crippen LogP contribution in [0.4, 0.5) is 11.6 Å². The molecule has 2 rings (SSSR count). The van der Waals surface area contributed by atoms with Crippen LogP contribution < -0.4 is 10.6 Å². The molecule has 1 aromatic rings. The van der Waals surface area contributed by atoms with Crippen molar-refractivity contribution in [2.75, 3.05) is 17.7 Å². The minimum absolute atomic E-state index is 0.304. The monoisotopic (exact) mass is 248 g/mol. The van der Waals surface area contributed by atoms with Gasteiger partial charge in [-0.2, -0.15) is 0 Å². The quantitative estimate of drug-likeness (QED) is 0.863. The van der Waals surface area contributed by atoms with Crippen LogP contribution in [0, 0.1) is 24.7 Å². The summed E-state index contributed by atoms with van der Waals surface area (Å²) >= 11 is 0. The number of aromatic nitrogens is 2. The molecule has 0 unspecified atom stereocenters. The first-order valence-corrected chi connectivity index (χ1v) is 6.51. The Morgan fingerprint density at radius 3 is 1.89 bits per heavy atom. The molecule has 1 aliphatic rings. The molecule has 1 aromatic heterocycles. The summed E-state index contributed by atoms with van der Waals surface area (Å²) in [7, 11) is 1.89. The summed E-state index contributed by atoms with van der Waals surface area (Å²) in [6.45, 7) is 13.2. The van der Waals surface area contributed by atoms with E-state index in [-0.39, 0.29) is 0 Å². The summed E-state index contributed by atoms with van der Waals surface area (Å²) in [6.07, 6.45) is 0. The first-order chi connectivity index (χ1) is 8.21. The highest BCUT2D eigenvalue weighted by Gasteiger charge is 2.65. The van der Waals surface area contributed by atoms with Gasteiger partial charge in [0.2, 0.25) is 0 Å². The predicted molar refractivity (Wildman–Crippen MR) is 76.0 cm³/mol. The van der Waals surface area contributed by atoms with Crippen molar-refractivity contribution in [3.8, 4) is 0 Å². The van der Waals surface area contributed by atoms with Crippen molar-refractivity contribution in [1.29, 1.82) is 0 Å². The van der Waals surface area contributed by atoms with Crippen molar-refractivity contribution in [1.82, 2.24) is 9.97 Å². The first kappa shape index (κ1) is 13.1. The number of rotatable bonds is 3. The zero-order valence-electron chi connectivity index (χ0n) is 12.5. The molecule has 1 aliphatic carbocycles. The van der Waals surface area contributed by atoms with Crippen LogP contribution in [0.25, 0.3) is 0 Å². The third kappa shape index (κ3) is 1.74. The van der Waals surface area contributed by atoms with Crippen LogP contribution in [-0.2, 0) is 0 Å². The molecule has 1 saturated carbocycles. The average Bonchev–Trinajstić information content (AvgIpc) is 2.65. The lowest BCUT2D eigenvalue weighted by Gasteiger charge is -2.13. The summed E-state index contributed by atoms with van der Waals surface area (Å²) in [5, 5.41) is 6.71. The van der Waals surface area contributed by atoms with Crippen LogP contribution in [0.1, 0.15) is 39.1 Å². The number of aryl methyl sites for hydroxylation is 1. The molecule has 0 aromatic carbocycles. The molecule has 0 spiro atoms. The normalized spacial score (nSPS) is 20.6. The van der Waals surface area contributed by atoms with E-state index in [0.717, 1.165) is 23.0 Å². The zero-order valence-corrected chi connectivity index (χ0v) is 12.5. The molecule has 18 heavy (non-hydrogen) atoms. The fourth-order valence-electron chi connectivity index (χ4n) is 2.71. The Kier molecular flexibility index (Phi) is 2.80. The minimum Gasteiger partial charge on any atom is -0.373 e. The van der Waals surface area contributed by atoms with E-state index in [1.807, 2.05) is 14.0 Å². The Bertz CT molecular complexity index is 463. The van der Waals surface area contributed by atoms with Crippen LogP contribution >= 0.6 is 0 Å². The topological polar surface area (TPSA) is 49.8 Å². The van der Waals surface area contributed by atoms with Crippen molar-refractivity contribution in [3.63, 3.8) is 0 Å². The highest BCUT2D eigenvalue weighted by atomic mass is 15.1. The first-order valence-electron chi connectivity index (χ1n) is 6.51. The molecule has 0 radical (unpaired) electrons. The van der Waals surface area contributed by atoms with Gasteiger partial charge in [-0.05, 0) is 24.7 Å². The van der Waals surface area contributed by atoms with E-state index in [9.17, 15) is 0 Å². The fraction of sp³-hybridized carbons (Fsp3) is 0.714. The number of hydrogen-bond donors (Lipinski definition) is 2. The second-order valence-corrected chi connectivity index (χ2v) is 6.36. The third-order valence-corrected chi connectivity index (χ3v) is 4.80. The van der Waals surface area contributed by atoms with E-state index >= 15 is 0 Å². The molecule has 100 valence electrons. The Hall–Kier alpha value is -1.32. The highest BCUT2D eigenvalue weighted by molar-refractivity contribution is 5.58. The van der Waals surface area contributed by atoms with Gasteiger partial charge in [-0.15, -0.1) is 0 Å². The van der Waals surface area contributed by atoms with Crippen molar-refractivity contribution in [2.24, 2.45) is 10.8 Å². The Labute approximate surface area is 110 Å². The van der Waals surface area contributed by atoms with E-state index in [1.54, 1.807) is 0 Å². The Morgan fingerprint density at radius 2 is 1.44 bits per heavy atom. The molecule has 0 aliphatic heterocycles. The largest absolute Gasteiger partial charge is 0.373 e. The van der Waals surface area contributed by atoms with Crippen LogP contribution in [0.5, 0.6) is 0 Å². The maximum absolute atomic E-state index is 4.53. The minimum atomic E-state index is 0.304. The van der Waals surface area contributed by atoms with Crippen molar-refractivity contribution in [2.45, 2.75) is 47.6 Å². The molecule has 1 fully saturated rings. The van der Waals surface area contributed by atoms with Gasteiger partial charge in [0.15, 0.2) is 0 Å². The number of hydrogen-bond acceptors (Lipinski definition) is 4. The zero-order chi connectivity index (χ0) is 13.7. The molecular formula is C14H24N4. The maximum Gasteiger partial charge on any atom is 0.135 e. The van der Waals surface area contributed by atoms with E-state index in [2.05, 4.69) is 55.2 Å². The maximum atomic E-state index is 4.53. The summed E-state index contributed by atoms with van der Waals surface area (Å²) in [5.41, 5.74) is 1.69. The predicted octanol–water partition coefficient (Wildman–Crippen LogP) is 2.98. The Morgan fingerprint density at radius 1 is 0.944 bits per heavy atom. The van der Waals surface area contributed by atoms with Gasteiger partial charge in [-0.25, -0.2) is 9.97 Å². The number of nitrogens with one attached hydrogen (secondary N) is 2. The summed E-state index contributed by atoms with van der Waals surface area (Å²) in [6, 6.07) is 0.461. The van der Waals surface area contributed by atoms with Gasteiger partial charge in [0, 0.05) is 18.7 Å². The lowest BCUT2D eigenvalue weighted by atomic mass is 10.0. The lowest BCUT2D eigenvalue weighted by Crippen LogP contribution is -2.14. The lowest BCUT2D eigenvalue weighted by molar-refractivity contribution is 0.457. The van der Waals surface area contributed by atoms with Crippen LogP contribution in [0.2, 0.25) is 0 Å². The highest BCUT2D eigenvalue weighted by Crippen LogP contribution is 2.63. The summed E-state index contributed by atoms with van der Waals surface area (Å²) < 4.78 is 0. The van der Waals surface area contributed by atoms with Crippen molar-refractivity contribution < 1.29 is 0 Å². The van der Waals surface area contributed by atoms with Gasteiger partial charge in [0.1, 0.15) is 17.5 Å². The van der Waals surface area contributed by atoms with Gasteiger partial charge in [0.25, 0.3) is 0 Å². The molecular weight excluding hydrogens is 224 g/mol. The SMILES string of the molecule is CNc1nc(C)nc(NC2C(C)(C)C2(C)C)c1C. The van der Waals surface area contributed by atoms with Crippen LogP contribution in [0.15, 0.2) is 0 Å². The second-order valence-electron chi connectivity index (χ2n) is 6.36. The van der Waals surface area contributed by atoms with E-state index < -0.39 is 0 Å². The molecule has 0 amide bonds. The van der Waals surface area contributed by atoms with Crippen molar-refractivity contribution >= 4 is 11.6 Å². The van der Waals surface area contributed by atoms with Gasteiger partial charge in [0.05, 0.1) is 0 Å². The smallest absolute Gasteiger partial charge is 0.135 e. The van der Waals surface area contributed by atoms with Gasteiger partial charge in [-0.1, -0.05) is 27.7 Å². The molecule has 4 nitrogen and oxygen atoms in total. The van der Waals surface area contributed by atoms with E-state index in [1.165, 1.54) is 0 Å². The van der Waals surface area contributed by atoms with Crippen LogP contribution in [-0.4, -0.2) is 23.1 Å². The number of nitrogens with zero attached hydrogens (tertiary/aromatic N) is 2. The van der Waals surface area contributed by atoms with Gasteiger partial charge in [-0.3, -0.25) is 0 Å². The molecule has 0 atom stereocenters. The molecule has 4 heteroatoms. The van der Waals surface area contributed by atoms with E-state index in [4.69, 9.17) is 0 Å². The fourth-order valence-corrected chi connectivity index (χ4v) is 2.71. The Balaban J connectivity index is 2.29. The van der Waals surface area contributed by atoms with Crippen LogP contribution in [0.3, 0.4) is 0 Å². The second kappa shape index (κ2) is 3.84. The molecule has 1 heterocycles. The van der Waals surface area contributed by atoms with Gasteiger partial charge >= 0.3 is 0 Å². The standard InChI is InChI=1S/C14H24N4/c1-8-10(15-7)16-9(2)17-11(8)18-12-13(3,4)14(12,5)6/h12H,1-7H3,(H2,15,16,17,18). The molecule has 0 bridgehead atoms.